The molecule has 0 atom stereocenters. The highest BCUT2D eigenvalue weighted by molar-refractivity contribution is 6.04. The lowest BCUT2D eigenvalue weighted by atomic mass is 10.2. The number of hydrogen-bond acceptors (Lipinski definition) is 4. The first-order chi connectivity index (χ1) is 8.58. The number of nitrogens with zero attached hydrogens (tertiary/aromatic N) is 1. The van der Waals surface area contributed by atoms with Crippen LogP contribution in [0.1, 0.15) is 26.5 Å². The molecular weight excluding hydrogens is 236 g/mol. The Hall–Kier alpha value is -2.63. The maximum absolute atomic E-state index is 11.8. The maximum Gasteiger partial charge on any atom is 0.338 e. The quantitative estimate of drug-likeness (QED) is 0.863. The number of aromatic nitrogens is 1. The average Bonchev–Trinajstić information content (AvgIpc) is 2.81. The summed E-state index contributed by atoms with van der Waals surface area (Å²) >= 11 is 0. The number of rotatable bonds is 3. The van der Waals surface area contributed by atoms with Gasteiger partial charge in [-0.05, 0) is 18.6 Å². The third-order valence-electron chi connectivity index (χ3n) is 2.34. The highest BCUT2D eigenvalue weighted by atomic mass is 16.4. The maximum atomic E-state index is 11.8. The Kier molecular flexibility index (Phi) is 3.09. The summed E-state index contributed by atoms with van der Waals surface area (Å²) in [6, 6.07) is 2.82. The zero-order valence-electron chi connectivity index (χ0n) is 9.51. The monoisotopic (exact) mass is 246 g/mol. The second kappa shape index (κ2) is 4.70. The van der Waals surface area contributed by atoms with Crippen LogP contribution < -0.4 is 5.32 Å². The van der Waals surface area contributed by atoms with Crippen LogP contribution in [0.25, 0.3) is 0 Å². The number of carboxylic acid groups (broad SMARTS) is 1. The number of hydrogen-bond donors (Lipinski definition) is 2. The Bertz CT molecular complexity index is 604. The van der Waals surface area contributed by atoms with Crippen LogP contribution in [0, 0.1) is 6.92 Å². The van der Waals surface area contributed by atoms with E-state index in [1.165, 1.54) is 6.07 Å². The molecule has 0 aliphatic rings. The van der Waals surface area contributed by atoms with Crippen molar-refractivity contribution in [3.63, 3.8) is 0 Å². The molecule has 92 valence electrons. The average molecular weight is 246 g/mol. The van der Waals surface area contributed by atoms with Gasteiger partial charge in [0, 0.05) is 24.1 Å². The minimum absolute atomic E-state index is 0.0522. The fraction of sp³-hybridized carbons (Fsp3) is 0.0833. The van der Waals surface area contributed by atoms with Gasteiger partial charge >= 0.3 is 5.97 Å². The lowest BCUT2D eigenvalue weighted by Gasteiger charge is -2.05. The molecule has 2 aromatic heterocycles. The van der Waals surface area contributed by atoms with Crippen LogP contribution in [0.15, 0.2) is 35.2 Å². The lowest BCUT2D eigenvalue weighted by Crippen LogP contribution is -2.12. The summed E-state index contributed by atoms with van der Waals surface area (Å²) in [5.41, 5.74) is 1.34. The van der Waals surface area contributed by atoms with Crippen LogP contribution in [0.4, 0.5) is 5.69 Å². The largest absolute Gasteiger partial charge is 0.478 e. The molecule has 1 amide bonds. The van der Waals surface area contributed by atoms with Crippen LogP contribution >= 0.6 is 0 Å². The van der Waals surface area contributed by atoms with E-state index in [-0.39, 0.29) is 11.3 Å². The summed E-state index contributed by atoms with van der Waals surface area (Å²) in [5, 5.41) is 11.3. The molecule has 2 rings (SSSR count). The Morgan fingerprint density at radius 3 is 2.83 bits per heavy atom. The summed E-state index contributed by atoms with van der Waals surface area (Å²) in [4.78, 5) is 26.3. The van der Waals surface area contributed by atoms with Gasteiger partial charge in [0.1, 0.15) is 6.26 Å². The Morgan fingerprint density at radius 1 is 1.44 bits per heavy atom. The van der Waals surface area contributed by atoms with Crippen LogP contribution in [-0.2, 0) is 0 Å². The fourth-order valence-electron chi connectivity index (χ4n) is 1.37. The highest BCUT2D eigenvalue weighted by Gasteiger charge is 2.15. The van der Waals surface area contributed by atoms with Crippen molar-refractivity contribution in [2.75, 3.05) is 5.32 Å². The van der Waals surface area contributed by atoms with Crippen LogP contribution in [0.3, 0.4) is 0 Å². The summed E-state index contributed by atoms with van der Waals surface area (Å²) < 4.78 is 4.89. The second-order valence-electron chi connectivity index (χ2n) is 3.65. The zero-order chi connectivity index (χ0) is 13.1. The van der Waals surface area contributed by atoms with Gasteiger partial charge < -0.3 is 14.8 Å². The number of nitrogens with one attached hydrogen (secondary N) is 1. The van der Waals surface area contributed by atoms with Gasteiger partial charge in [0.2, 0.25) is 0 Å². The van der Waals surface area contributed by atoms with Crippen molar-refractivity contribution in [3.05, 3.63) is 47.7 Å². The van der Waals surface area contributed by atoms with Crippen LogP contribution in [-0.4, -0.2) is 22.0 Å². The predicted molar refractivity (Wildman–Crippen MR) is 62.6 cm³/mol. The van der Waals surface area contributed by atoms with Crippen molar-refractivity contribution in [1.82, 2.24) is 4.98 Å². The molecule has 6 heteroatoms. The molecule has 2 aromatic rings. The molecule has 18 heavy (non-hydrogen) atoms. The predicted octanol–water partition coefficient (Wildman–Crippen LogP) is 1.93. The molecular formula is C12H10N2O4. The molecule has 0 spiro atoms. The van der Waals surface area contributed by atoms with Crippen molar-refractivity contribution < 1.29 is 19.1 Å². The molecule has 2 N–H and O–H groups in total. The molecule has 0 unspecified atom stereocenters. The summed E-state index contributed by atoms with van der Waals surface area (Å²) in [5.74, 6) is -1.70. The first kappa shape index (κ1) is 11.8. The number of pyridine rings is 1. The topological polar surface area (TPSA) is 92.4 Å². The van der Waals surface area contributed by atoms with Gasteiger partial charge in [-0.2, -0.15) is 0 Å². The summed E-state index contributed by atoms with van der Waals surface area (Å²) in [7, 11) is 0. The smallest absolute Gasteiger partial charge is 0.338 e. The molecule has 0 radical (unpaired) electrons. The van der Waals surface area contributed by atoms with E-state index in [1.54, 1.807) is 25.4 Å². The normalized spacial score (nSPS) is 10.1. The zero-order valence-corrected chi connectivity index (χ0v) is 9.51. The van der Waals surface area contributed by atoms with E-state index < -0.39 is 11.9 Å². The van der Waals surface area contributed by atoms with Crippen molar-refractivity contribution in [2.24, 2.45) is 0 Å². The van der Waals surface area contributed by atoms with Gasteiger partial charge in [-0.3, -0.25) is 9.78 Å². The van der Waals surface area contributed by atoms with Gasteiger partial charge in [0.15, 0.2) is 5.76 Å². The summed E-state index contributed by atoms with van der Waals surface area (Å²) in [6.45, 7) is 1.80. The van der Waals surface area contributed by atoms with Gasteiger partial charge in [-0.1, -0.05) is 0 Å². The number of carbonyl (C=O) groups excluding carboxylic acids is 1. The standard InChI is InChI=1S/C12H10N2O4/c1-7-5-13-3-2-9(7)14-11(15)10-4-8(6-18-10)12(16)17/h2-6H,1H3,(H,16,17)(H,13,14,15). The van der Waals surface area contributed by atoms with E-state index in [4.69, 9.17) is 9.52 Å². The number of aryl methyl sites for hydroxylation is 1. The number of furan rings is 1. The lowest BCUT2D eigenvalue weighted by molar-refractivity contribution is 0.0696. The molecule has 0 saturated heterocycles. The molecule has 0 saturated carbocycles. The molecule has 0 aliphatic carbocycles. The Labute approximate surface area is 102 Å². The number of carbonyl (C=O) groups is 2. The van der Waals surface area contributed by atoms with Gasteiger partial charge in [0.25, 0.3) is 5.91 Å². The Balaban J connectivity index is 2.17. The van der Waals surface area contributed by atoms with E-state index in [0.717, 1.165) is 11.8 Å². The fourth-order valence-corrected chi connectivity index (χ4v) is 1.37. The third kappa shape index (κ3) is 2.37. The third-order valence-corrected chi connectivity index (χ3v) is 2.34. The molecule has 2 heterocycles. The van der Waals surface area contributed by atoms with E-state index in [9.17, 15) is 9.59 Å². The Morgan fingerprint density at radius 2 is 2.22 bits per heavy atom. The highest BCUT2D eigenvalue weighted by Crippen LogP contribution is 2.14. The number of aromatic carboxylic acids is 1. The SMILES string of the molecule is Cc1cnccc1NC(=O)c1cc(C(=O)O)co1. The van der Waals surface area contributed by atoms with E-state index in [1.807, 2.05) is 0 Å². The van der Waals surface area contributed by atoms with E-state index in [2.05, 4.69) is 10.3 Å². The van der Waals surface area contributed by atoms with E-state index >= 15 is 0 Å². The van der Waals surface area contributed by atoms with Crippen molar-refractivity contribution >= 4 is 17.6 Å². The summed E-state index contributed by atoms with van der Waals surface area (Å²) in [6.07, 6.45) is 4.19. The van der Waals surface area contributed by atoms with E-state index in [0.29, 0.717) is 5.69 Å². The number of amides is 1. The first-order valence-electron chi connectivity index (χ1n) is 5.11. The van der Waals surface area contributed by atoms with Crippen molar-refractivity contribution in [1.29, 1.82) is 0 Å². The number of carboxylic acids is 1. The first-order valence-corrected chi connectivity index (χ1v) is 5.11. The second-order valence-corrected chi connectivity index (χ2v) is 3.65. The minimum atomic E-state index is -1.14. The molecule has 0 aliphatic heterocycles. The van der Waals surface area contributed by atoms with Gasteiger partial charge in [-0.25, -0.2) is 4.79 Å². The molecule has 0 fully saturated rings. The van der Waals surface area contributed by atoms with Gasteiger partial charge in [0.05, 0.1) is 5.56 Å². The molecule has 0 aromatic carbocycles. The molecule has 6 nitrogen and oxygen atoms in total. The van der Waals surface area contributed by atoms with Crippen LogP contribution in [0.5, 0.6) is 0 Å². The van der Waals surface area contributed by atoms with Crippen LogP contribution in [0.2, 0.25) is 0 Å². The molecule has 0 bridgehead atoms. The van der Waals surface area contributed by atoms with Crippen molar-refractivity contribution in [2.45, 2.75) is 6.92 Å². The van der Waals surface area contributed by atoms with Gasteiger partial charge in [-0.15, -0.1) is 0 Å². The van der Waals surface area contributed by atoms with Crippen molar-refractivity contribution in [3.8, 4) is 0 Å². The number of anilines is 1. The minimum Gasteiger partial charge on any atom is -0.478 e.